The van der Waals surface area contributed by atoms with Crippen molar-refractivity contribution in [2.24, 2.45) is 5.73 Å². The number of hydrogen-bond donors (Lipinski definition) is 4. The molecule has 21 heavy (non-hydrogen) atoms. The van der Waals surface area contributed by atoms with Gasteiger partial charge in [-0.3, -0.25) is 4.79 Å². The molecule has 0 aliphatic carbocycles. The van der Waals surface area contributed by atoms with Gasteiger partial charge in [0, 0.05) is 11.3 Å². The zero-order valence-electron chi connectivity index (χ0n) is 12.0. The standard InChI is InChI=1S/C14H19N3O4/c1-3-7-14(2,12(19)20)17-11(18)9-5-4-6-10(8-9)16-13(15)21/h4-6,8H,3,7H2,1-2H3,(H,17,18)(H,19,20)(H3,15,16,21). The summed E-state index contributed by atoms with van der Waals surface area (Å²) in [4.78, 5) is 34.2. The lowest BCUT2D eigenvalue weighted by Gasteiger charge is -2.25. The Hall–Kier alpha value is -2.57. The van der Waals surface area contributed by atoms with Gasteiger partial charge < -0.3 is 21.5 Å². The Morgan fingerprint density at radius 3 is 2.52 bits per heavy atom. The molecule has 0 heterocycles. The summed E-state index contributed by atoms with van der Waals surface area (Å²) >= 11 is 0. The highest BCUT2D eigenvalue weighted by Crippen LogP contribution is 2.16. The van der Waals surface area contributed by atoms with Crippen molar-refractivity contribution in [3.8, 4) is 0 Å². The quantitative estimate of drug-likeness (QED) is 0.635. The van der Waals surface area contributed by atoms with Crippen LogP contribution in [0, 0.1) is 0 Å². The van der Waals surface area contributed by atoms with Gasteiger partial charge in [0.15, 0.2) is 0 Å². The van der Waals surface area contributed by atoms with Crippen LogP contribution in [0.2, 0.25) is 0 Å². The van der Waals surface area contributed by atoms with Gasteiger partial charge in [-0.25, -0.2) is 9.59 Å². The van der Waals surface area contributed by atoms with Gasteiger partial charge in [0.2, 0.25) is 0 Å². The molecule has 1 atom stereocenters. The summed E-state index contributed by atoms with van der Waals surface area (Å²) in [5.74, 6) is -1.62. The molecule has 1 aromatic carbocycles. The number of anilines is 1. The zero-order valence-corrected chi connectivity index (χ0v) is 12.0. The number of rotatable bonds is 6. The maximum atomic E-state index is 12.2. The van der Waals surface area contributed by atoms with E-state index in [2.05, 4.69) is 10.6 Å². The normalized spacial score (nSPS) is 13.0. The first-order valence-electron chi connectivity index (χ1n) is 6.51. The summed E-state index contributed by atoms with van der Waals surface area (Å²) in [5, 5.41) is 14.1. The van der Waals surface area contributed by atoms with Crippen molar-refractivity contribution in [2.75, 3.05) is 5.32 Å². The summed E-state index contributed by atoms with van der Waals surface area (Å²) in [5.41, 5.74) is 4.27. The summed E-state index contributed by atoms with van der Waals surface area (Å²) < 4.78 is 0. The molecule has 0 aliphatic heterocycles. The Balaban J connectivity index is 2.93. The number of carboxylic acids is 1. The summed E-state index contributed by atoms with van der Waals surface area (Å²) in [6.07, 6.45) is 0.930. The number of nitrogens with one attached hydrogen (secondary N) is 2. The Morgan fingerprint density at radius 2 is 2.00 bits per heavy atom. The maximum absolute atomic E-state index is 12.2. The fourth-order valence-electron chi connectivity index (χ4n) is 1.93. The molecule has 0 radical (unpaired) electrons. The molecule has 7 nitrogen and oxygen atoms in total. The largest absolute Gasteiger partial charge is 0.480 e. The van der Waals surface area contributed by atoms with E-state index in [-0.39, 0.29) is 5.56 Å². The van der Waals surface area contributed by atoms with Crippen molar-refractivity contribution < 1.29 is 19.5 Å². The fourth-order valence-corrected chi connectivity index (χ4v) is 1.93. The Bertz CT molecular complexity index is 559. The lowest BCUT2D eigenvalue weighted by molar-refractivity contribution is -0.144. The van der Waals surface area contributed by atoms with Crippen LogP contribution < -0.4 is 16.4 Å². The second-order valence-corrected chi connectivity index (χ2v) is 4.91. The highest BCUT2D eigenvalue weighted by molar-refractivity contribution is 5.99. The van der Waals surface area contributed by atoms with Crippen LogP contribution in [0.25, 0.3) is 0 Å². The van der Waals surface area contributed by atoms with Gasteiger partial charge in [-0.2, -0.15) is 0 Å². The van der Waals surface area contributed by atoms with Gasteiger partial charge in [-0.05, 0) is 31.5 Å². The first-order chi connectivity index (χ1) is 9.78. The van der Waals surface area contributed by atoms with Crippen molar-refractivity contribution in [1.29, 1.82) is 0 Å². The second kappa shape index (κ2) is 6.74. The Kier molecular flexibility index (Phi) is 5.29. The molecule has 0 spiro atoms. The minimum absolute atomic E-state index is 0.241. The molecule has 114 valence electrons. The average Bonchev–Trinajstić information content (AvgIpc) is 2.38. The molecule has 0 bridgehead atoms. The van der Waals surface area contributed by atoms with Gasteiger partial charge in [0.1, 0.15) is 5.54 Å². The number of urea groups is 1. The highest BCUT2D eigenvalue weighted by Gasteiger charge is 2.34. The van der Waals surface area contributed by atoms with Crippen LogP contribution in [0.5, 0.6) is 0 Å². The van der Waals surface area contributed by atoms with Crippen molar-refractivity contribution in [3.05, 3.63) is 29.8 Å². The number of amides is 3. The number of hydrogen-bond acceptors (Lipinski definition) is 3. The van der Waals surface area contributed by atoms with E-state index in [0.717, 1.165) is 0 Å². The van der Waals surface area contributed by atoms with E-state index in [1.165, 1.54) is 19.1 Å². The molecule has 1 aromatic rings. The lowest BCUT2D eigenvalue weighted by Crippen LogP contribution is -2.52. The number of benzene rings is 1. The Morgan fingerprint density at radius 1 is 1.33 bits per heavy atom. The predicted octanol–water partition coefficient (Wildman–Crippen LogP) is 1.55. The van der Waals surface area contributed by atoms with Gasteiger partial charge in [0.05, 0.1) is 0 Å². The molecule has 0 aliphatic rings. The molecule has 5 N–H and O–H groups in total. The van der Waals surface area contributed by atoms with Crippen LogP contribution >= 0.6 is 0 Å². The number of primary amides is 1. The van der Waals surface area contributed by atoms with Gasteiger partial charge in [0.25, 0.3) is 5.91 Å². The highest BCUT2D eigenvalue weighted by atomic mass is 16.4. The molecule has 0 saturated carbocycles. The van der Waals surface area contributed by atoms with E-state index < -0.39 is 23.4 Å². The Labute approximate surface area is 122 Å². The zero-order chi connectivity index (χ0) is 16.0. The number of nitrogens with two attached hydrogens (primary N) is 1. The van der Waals surface area contributed by atoms with Gasteiger partial charge in [-0.1, -0.05) is 19.4 Å². The van der Waals surface area contributed by atoms with Crippen LogP contribution in [-0.2, 0) is 4.79 Å². The molecule has 1 unspecified atom stereocenters. The number of carbonyl (C=O) groups is 3. The summed E-state index contributed by atoms with van der Waals surface area (Å²) in [6.45, 7) is 3.30. The third-order valence-corrected chi connectivity index (χ3v) is 3.00. The van der Waals surface area contributed by atoms with E-state index in [4.69, 9.17) is 5.73 Å². The van der Waals surface area contributed by atoms with Crippen LogP contribution in [0.1, 0.15) is 37.0 Å². The van der Waals surface area contributed by atoms with E-state index >= 15 is 0 Å². The minimum Gasteiger partial charge on any atom is -0.480 e. The molecular formula is C14H19N3O4. The van der Waals surface area contributed by atoms with E-state index in [1.807, 2.05) is 6.92 Å². The fraction of sp³-hybridized carbons (Fsp3) is 0.357. The summed E-state index contributed by atoms with van der Waals surface area (Å²) in [6, 6.07) is 5.35. The van der Waals surface area contributed by atoms with Crippen LogP contribution in [0.3, 0.4) is 0 Å². The molecule has 0 saturated heterocycles. The van der Waals surface area contributed by atoms with Crippen molar-refractivity contribution in [3.63, 3.8) is 0 Å². The third kappa shape index (κ3) is 4.48. The predicted molar refractivity (Wildman–Crippen MR) is 78.1 cm³/mol. The third-order valence-electron chi connectivity index (χ3n) is 3.00. The first kappa shape index (κ1) is 16.5. The molecule has 7 heteroatoms. The smallest absolute Gasteiger partial charge is 0.329 e. The van der Waals surface area contributed by atoms with Crippen LogP contribution in [0.4, 0.5) is 10.5 Å². The van der Waals surface area contributed by atoms with Crippen molar-refractivity contribution in [1.82, 2.24) is 5.32 Å². The lowest BCUT2D eigenvalue weighted by atomic mass is 9.95. The van der Waals surface area contributed by atoms with Crippen LogP contribution in [0.15, 0.2) is 24.3 Å². The second-order valence-electron chi connectivity index (χ2n) is 4.91. The minimum atomic E-state index is -1.33. The molecule has 0 aromatic heterocycles. The number of carbonyl (C=O) groups excluding carboxylic acids is 2. The molecular weight excluding hydrogens is 274 g/mol. The number of aliphatic carboxylic acids is 1. The van der Waals surface area contributed by atoms with Gasteiger partial charge >= 0.3 is 12.0 Å². The topological polar surface area (TPSA) is 122 Å². The molecule has 0 fully saturated rings. The van der Waals surface area contributed by atoms with E-state index in [1.54, 1.807) is 12.1 Å². The van der Waals surface area contributed by atoms with Crippen molar-refractivity contribution >= 4 is 23.6 Å². The number of carboxylic acid groups (broad SMARTS) is 1. The molecule has 3 amide bonds. The van der Waals surface area contributed by atoms with E-state index in [9.17, 15) is 19.5 Å². The average molecular weight is 293 g/mol. The summed E-state index contributed by atoms with van der Waals surface area (Å²) in [7, 11) is 0. The molecule has 1 rings (SSSR count). The van der Waals surface area contributed by atoms with Crippen molar-refractivity contribution in [2.45, 2.75) is 32.2 Å². The monoisotopic (exact) mass is 293 g/mol. The SMILES string of the molecule is CCCC(C)(NC(=O)c1cccc(NC(N)=O)c1)C(=O)O. The first-order valence-corrected chi connectivity index (χ1v) is 6.51. The maximum Gasteiger partial charge on any atom is 0.329 e. The van der Waals surface area contributed by atoms with Gasteiger partial charge in [-0.15, -0.1) is 0 Å². The van der Waals surface area contributed by atoms with E-state index in [0.29, 0.717) is 18.5 Å². The van der Waals surface area contributed by atoms with Crippen LogP contribution in [-0.4, -0.2) is 28.6 Å².